The standard InChI is InChI=1S/C10H23NO/c1-4-6-10(11)7-5-8-12-9(2)3/h9-10H,4-8,11H2,1-3H3. The molecule has 1 atom stereocenters. The first-order valence-electron chi connectivity index (χ1n) is 5.04. The number of nitrogens with two attached hydrogens (primary N) is 1. The van der Waals surface area contributed by atoms with Gasteiger partial charge in [0.15, 0.2) is 0 Å². The molecule has 0 aliphatic heterocycles. The summed E-state index contributed by atoms with van der Waals surface area (Å²) in [4.78, 5) is 0. The van der Waals surface area contributed by atoms with Gasteiger partial charge in [0, 0.05) is 12.6 Å². The van der Waals surface area contributed by atoms with E-state index in [1.807, 2.05) is 0 Å². The SMILES string of the molecule is CCCC(N)CCCOC(C)C. The third kappa shape index (κ3) is 8.02. The van der Waals surface area contributed by atoms with Gasteiger partial charge in [-0.25, -0.2) is 0 Å². The van der Waals surface area contributed by atoms with E-state index in [1.54, 1.807) is 0 Å². The van der Waals surface area contributed by atoms with Gasteiger partial charge in [-0.1, -0.05) is 13.3 Å². The Morgan fingerprint density at radius 3 is 2.42 bits per heavy atom. The van der Waals surface area contributed by atoms with Gasteiger partial charge in [0.05, 0.1) is 6.10 Å². The number of ether oxygens (including phenoxy) is 1. The van der Waals surface area contributed by atoms with Crippen molar-refractivity contribution in [1.29, 1.82) is 0 Å². The normalized spacial score (nSPS) is 13.8. The fraction of sp³-hybridized carbons (Fsp3) is 1.00. The van der Waals surface area contributed by atoms with Crippen LogP contribution in [-0.2, 0) is 4.74 Å². The summed E-state index contributed by atoms with van der Waals surface area (Å²) >= 11 is 0. The first kappa shape index (κ1) is 11.9. The highest BCUT2D eigenvalue weighted by Crippen LogP contribution is 2.02. The molecule has 1 unspecified atom stereocenters. The maximum atomic E-state index is 5.85. The van der Waals surface area contributed by atoms with Gasteiger partial charge >= 0.3 is 0 Å². The van der Waals surface area contributed by atoms with Gasteiger partial charge in [-0.2, -0.15) is 0 Å². The van der Waals surface area contributed by atoms with Crippen molar-refractivity contribution in [2.75, 3.05) is 6.61 Å². The van der Waals surface area contributed by atoms with Crippen molar-refractivity contribution in [3.05, 3.63) is 0 Å². The van der Waals surface area contributed by atoms with Gasteiger partial charge in [-0.15, -0.1) is 0 Å². The Kier molecular flexibility index (Phi) is 7.51. The fourth-order valence-corrected chi connectivity index (χ4v) is 1.18. The van der Waals surface area contributed by atoms with E-state index < -0.39 is 0 Å². The highest BCUT2D eigenvalue weighted by molar-refractivity contribution is 4.59. The lowest BCUT2D eigenvalue weighted by molar-refractivity contribution is 0.0749. The first-order chi connectivity index (χ1) is 5.66. The second-order valence-corrected chi connectivity index (χ2v) is 3.61. The lowest BCUT2D eigenvalue weighted by Gasteiger charge is -2.11. The molecule has 2 nitrogen and oxygen atoms in total. The van der Waals surface area contributed by atoms with Gasteiger partial charge in [0.2, 0.25) is 0 Å². The number of rotatable bonds is 7. The van der Waals surface area contributed by atoms with E-state index in [9.17, 15) is 0 Å². The summed E-state index contributed by atoms with van der Waals surface area (Å²) in [6.07, 6.45) is 4.88. The molecular formula is C10H23NO. The molecule has 0 saturated carbocycles. The summed E-state index contributed by atoms with van der Waals surface area (Å²) in [6, 6.07) is 0.380. The minimum absolute atomic E-state index is 0.354. The van der Waals surface area contributed by atoms with Crippen LogP contribution in [0.25, 0.3) is 0 Å². The fourth-order valence-electron chi connectivity index (χ4n) is 1.18. The largest absolute Gasteiger partial charge is 0.379 e. The quantitative estimate of drug-likeness (QED) is 0.600. The summed E-state index contributed by atoms with van der Waals surface area (Å²) in [5.74, 6) is 0. The van der Waals surface area contributed by atoms with E-state index in [2.05, 4.69) is 20.8 Å². The molecule has 0 aliphatic carbocycles. The van der Waals surface area contributed by atoms with Crippen LogP contribution in [0.1, 0.15) is 46.5 Å². The summed E-state index contributed by atoms with van der Waals surface area (Å²) in [6.45, 7) is 7.15. The van der Waals surface area contributed by atoms with Gasteiger partial charge < -0.3 is 10.5 Å². The van der Waals surface area contributed by atoms with Crippen LogP contribution >= 0.6 is 0 Å². The van der Waals surface area contributed by atoms with Crippen molar-refractivity contribution in [2.24, 2.45) is 5.73 Å². The zero-order valence-corrected chi connectivity index (χ0v) is 8.68. The molecule has 2 heteroatoms. The minimum Gasteiger partial charge on any atom is -0.379 e. The van der Waals surface area contributed by atoms with Crippen molar-refractivity contribution in [3.63, 3.8) is 0 Å². The molecule has 0 rings (SSSR count). The van der Waals surface area contributed by atoms with Crippen molar-refractivity contribution in [2.45, 2.75) is 58.6 Å². The van der Waals surface area contributed by atoms with E-state index in [4.69, 9.17) is 10.5 Å². The predicted molar refractivity (Wildman–Crippen MR) is 53.2 cm³/mol. The van der Waals surface area contributed by atoms with Crippen LogP contribution in [0.4, 0.5) is 0 Å². The van der Waals surface area contributed by atoms with Crippen molar-refractivity contribution in [3.8, 4) is 0 Å². The maximum Gasteiger partial charge on any atom is 0.0518 e. The van der Waals surface area contributed by atoms with E-state index in [0.29, 0.717) is 12.1 Å². The molecule has 12 heavy (non-hydrogen) atoms. The third-order valence-electron chi connectivity index (χ3n) is 1.83. The van der Waals surface area contributed by atoms with Gasteiger partial charge in [-0.3, -0.25) is 0 Å². The monoisotopic (exact) mass is 173 g/mol. The second-order valence-electron chi connectivity index (χ2n) is 3.61. The second kappa shape index (κ2) is 7.56. The van der Waals surface area contributed by atoms with Crippen LogP contribution in [0.2, 0.25) is 0 Å². The Labute approximate surface area is 76.5 Å². The minimum atomic E-state index is 0.354. The Hall–Kier alpha value is -0.0800. The molecule has 0 bridgehead atoms. The lowest BCUT2D eigenvalue weighted by atomic mass is 10.1. The van der Waals surface area contributed by atoms with Crippen molar-refractivity contribution >= 4 is 0 Å². The van der Waals surface area contributed by atoms with Crippen LogP contribution in [0.5, 0.6) is 0 Å². The topological polar surface area (TPSA) is 35.2 Å². The molecule has 0 radical (unpaired) electrons. The van der Waals surface area contributed by atoms with E-state index in [0.717, 1.165) is 25.9 Å². The summed E-state index contributed by atoms with van der Waals surface area (Å²) in [7, 11) is 0. The molecule has 0 aromatic carbocycles. The molecule has 0 amide bonds. The molecule has 0 spiro atoms. The van der Waals surface area contributed by atoms with Crippen LogP contribution in [0.15, 0.2) is 0 Å². The van der Waals surface area contributed by atoms with Gasteiger partial charge in [0.1, 0.15) is 0 Å². The predicted octanol–water partition coefficient (Wildman–Crippen LogP) is 2.32. The number of hydrogen-bond donors (Lipinski definition) is 1. The first-order valence-corrected chi connectivity index (χ1v) is 5.04. The Morgan fingerprint density at radius 2 is 1.92 bits per heavy atom. The lowest BCUT2D eigenvalue weighted by Crippen LogP contribution is -2.20. The molecule has 0 aromatic heterocycles. The summed E-state index contributed by atoms with van der Waals surface area (Å²) in [5, 5.41) is 0. The van der Waals surface area contributed by atoms with E-state index in [1.165, 1.54) is 6.42 Å². The smallest absolute Gasteiger partial charge is 0.0518 e. The zero-order valence-electron chi connectivity index (χ0n) is 8.68. The highest BCUT2D eigenvalue weighted by Gasteiger charge is 2.00. The average Bonchev–Trinajstić information content (AvgIpc) is 1.98. The number of hydrogen-bond acceptors (Lipinski definition) is 2. The maximum absolute atomic E-state index is 5.85. The average molecular weight is 173 g/mol. The summed E-state index contributed by atoms with van der Waals surface area (Å²) < 4.78 is 5.41. The van der Waals surface area contributed by atoms with Gasteiger partial charge in [0.25, 0.3) is 0 Å². The van der Waals surface area contributed by atoms with Crippen LogP contribution in [-0.4, -0.2) is 18.8 Å². The molecule has 0 aliphatic rings. The molecule has 0 heterocycles. The third-order valence-corrected chi connectivity index (χ3v) is 1.83. The molecule has 0 saturated heterocycles. The van der Waals surface area contributed by atoms with Crippen LogP contribution in [0, 0.1) is 0 Å². The van der Waals surface area contributed by atoms with E-state index >= 15 is 0 Å². The molecule has 74 valence electrons. The molecular weight excluding hydrogens is 150 g/mol. The Balaban J connectivity index is 3.08. The Bertz CT molecular complexity index is 93.8. The van der Waals surface area contributed by atoms with Gasteiger partial charge in [-0.05, 0) is 33.1 Å². The van der Waals surface area contributed by atoms with Crippen molar-refractivity contribution in [1.82, 2.24) is 0 Å². The van der Waals surface area contributed by atoms with E-state index in [-0.39, 0.29) is 0 Å². The van der Waals surface area contributed by atoms with Crippen molar-refractivity contribution < 1.29 is 4.74 Å². The van der Waals surface area contributed by atoms with Crippen LogP contribution < -0.4 is 5.73 Å². The van der Waals surface area contributed by atoms with Crippen LogP contribution in [0.3, 0.4) is 0 Å². The molecule has 2 N–H and O–H groups in total. The summed E-state index contributed by atoms with van der Waals surface area (Å²) in [5.41, 5.74) is 5.85. The highest BCUT2D eigenvalue weighted by atomic mass is 16.5. The Morgan fingerprint density at radius 1 is 1.25 bits per heavy atom. The molecule has 0 aromatic rings. The molecule has 0 fully saturated rings. The zero-order chi connectivity index (χ0) is 9.40.